The summed E-state index contributed by atoms with van der Waals surface area (Å²) in [7, 11) is 1.58. The van der Waals surface area contributed by atoms with Gasteiger partial charge in [0.2, 0.25) is 0 Å². The molecule has 2 rings (SSSR count). The monoisotopic (exact) mass is 469 g/mol. The van der Waals surface area contributed by atoms with Gasteiger partial charge in [-0.25, -0.2) is 4.79 Å². The van der Waals surface area contributed by atoms with Crippen LogP contribution in [-0.4, -0.2) is 49.7 Å². The van der Waals surface area contributed by atoms with Crippen LogP contribution in [0, 0.1) is 11.8 Å². The maximum atomic E-state index is 11.7. The number of amides is 2. The second-order valence-corrected chi connectivity index (χ2v) is 9.70. The Morgan fingerprint density at radius 1 is 1.32 bits per heavy atom. The fourth-order valence-corrected chi connectivity index (χ4v) is 4.46. The Labute approximate surface area is 195 Å². The third-order valence-electron chi connectivity index (χ3n) is 5.33. The summed E-state index contributed by atoms with van der Waals surface area (Å²) in [6, 6.07) is 6.08. The molecule has 0 bridgehead atoms. The van der Waals surface area contributed by atoms with Gasteiger partial charge in [0.1, 0.15) is 12.0 Å². The number of halogens is 1. The largest absolute Gasteiger partial charge is 0.492 e. The number of nitrogens with zero attached hydrogens (tertiary/aromatic N) is 1. The Hall–Kier alpha value is -1.44. The average molecular weight is 470 g/mol. The molecule has 2 N–H and O–H groups in total. The molecule has 1 aliphatic rings. The van der Waals surface area contributed by atoms with Crippen molar-refractivity contribution >= 4 is 35.9 Å². The smallest absolute Gasteiger partial charge is 0.317 e. The highest BCUT2D eigenvalue weighted by Crippen LogP contribution is 2.34. The first-order valence-corrected chi connectivity index (χ1v) is 12.5. The zero-order valence-corrected chi connectivity index (χ0v) is 20.4. The zero-order valence-electron chi connectivity index (χ0n) is 18.9. The van der Waals surface area contributed by atoms with Crippen LogP contribution < -0.4 is 14.8 Å². The summed E-state index contributed by atoms with van der Waals surface area (Å²) < 4.78 is 9.55. The number of benzene rings is 1. The van der Waals surface area contributed by atoms with Crippen LogP contribution in [0.2, 0.25) is 5.02 Å². The summed E-state index contributed by atoms with van der Waals surface area (Å²) >= 11 is 8.06. The Morgan fingerprint density at radius 2 is 2.10 bits per heavy atom. The lowest BCUT2D eigenvalue weighted by atomic mass is 9.97. The number of urea groups is 1. The van der Waals surface area contributed by atoms with Crippen molar-refractivity contribution in [1.29, 1.82) is 0 Å². The van der Waals surface area contributed by atoms with Gasteiger partial charge in [-0.2, -0.15) is 0 Å². The number of unbranched alkanes of at least 4 members (excludes halogenated alkanes) is 2. The normalized spacial score (nSPS) is 14.4. The standard InChI is InChI=1S/C23H36ClN3O3S/c1-17(2)22(19-9-10-20(24)21(15-19)30-16-18-7-8-18)26-31-14-6-4-5-11-27(12-13-28)23(29)25-3/h9-10,13,15,17-18,22,26H,4-8,11-12,14,16H2,1-3H3,(H,25,29). The van der Waals surface area contributed by atoms with Crippen LogP contribution in [0.15, 0.2) is 18.2 Å². The lowest BCUT2D eigenvalue weighted by molar-refractivity contribution is -0.108. The van der Waals surface area contributed by atoms with Crippen LogP contribution in [0.5, 0.6) is 5.75 Å². The number of hydrogen-bond donors (Lipinski definition) is 2. The Kier molecular flexibility index (Phi) is 11.5. The van der Waals surface area contributed by atoms with Gasteiger partial charge in [-0.1, -0.05) is 49.9 Å². The highest BCUT2D eigenvalue weighted by molar-refractivity contribution is 7.97. The first kappa shape index (κ1) is 25.8. The van der Waals surface area contributed by atoms with E-state index in [0.29, 0.717) is 23.4 Å². The molecule has 0 aromatic heterocycles. The zero-order chi connectivity index (χ0) is 22.6. The quantitative estimate of drug-likeness (QED) is 0.213. The van der Waals surface area contributed by atoms with Crippen molar-refractivity contribution in [3.63, 3.8) is 0 Å². The molecule has 1 saturated carbocycles. The van der Waals surface area contributed by atoms with Crippen molar-refractivity contribution in [2.75, 3.05) is 32.5 Å². The second kappa shape index (κ2) is 13.9. The molecule has 1 unspecified atom stereocenters. The second-order valence-electron chi connectivity index (χ2n) is 8.36. The van der Waals surface area contributed by atoms with Crippen LogP contribution >= 0.6 is 23.5 Å². The summed E-state index contributed by atoms with van der Waals surface area (Å²) in [6.07, 6.45) is 6.21. The molecule has 0 spiro atoms. The summed E-state index contributed by atoms with van der Waals surface area (Å²) in [5.41, 5.74) is 1.19. The predicted molar refractivity (Wildman–Crippen MR) is 129 cm³/mol. The number of aldehydes is 1. The van der Waals surface area contributed by atoms with Crippen molar-refractivity contribution in [2.45, 2.75) is 52.0 Å². The van der Waals surface area contributed by atoms with Crippen LogP contribution in [0.1, 0.15) is 57.6 Å². The molecule has 1 aromatic carbocycles. The number of rotatable bonds is 15. The van der Waals surface area contributed by atoms with E-state index >= 15 is 0 Å². The fourth-order valence-electron chi connectivity index (χ4n) is 3.23. The van der Waals surface area contributed by atoms with E-state index < -0.39 is 0 Å². The maximum Gasteiger partial charge on any atom is 0.317 e. The lowest BCUT2D eigenvalue weighted by Gasteiger charge is -2.23. The minimum atomic E-state index is -0.202. The summed E-state index contributed by atoms with van der Waals surface area (Å²) in [4.78, 5) is 23.9. The first-order valence-electron chi connectivity index (χ1n) is 11.2. The molecule has 1 aliphatic carbocycles. The SMILES string of the molecule is CNC(=O)N(CC=O)CCCCCSNC(c1ccc(Cl)c(OCC2CC2)c1)C(C)C. The van der Waals surface area contributed by atoms with E-state index in [9.17, 15) is 9.59 Å². The van der Waals surface area contributed by atoms with E-state index in [1.165, 1.54) is 23.3 Å². The van der Waals surface area contributed by atoms with E-state index in [-0.39, 0.29) is 18.6 Å². The van der Waals surface area contributed by atoms with E-state index in [2.05, 4.69) is 36.0 Å². The summed E-state index contributed by atoms with van der Waals surface area (Å²) in [5.74, 6) is 2.88. The topological polar surface area (TPSA) is 70.7 Å². The average Bonchev–Trinajstić information content (AvgIpc) is 3.58. The predicted octanol–water partition coefficient (Wildman–Crippen LogP) is 5.07. The molecular formula is C23H36ClN3O3S. The molecule has 6 nitrogen and oxygen atoms in total. The lowest BCUT2D eigenvalue weighted by Crippen LogP contribution is -2.39. The van der Waals surface area contributed by atoms with Crippen LogP contribution in [0.3, 0.4) is 0 Å². The third kappa shape index (κ3) is 9.29. The molecule has 2 amide bonds. The molecular weight excluding hydrogens is 434 g/mol. The van der Waals surface area contributed by atoms with E-state index in [1.807, 2.05) is 6.07 Å². The van der Waals surface area contributed by atoms with Gasteiger partial charge in [0.05, 0.1) is 18.2 Å². The highest BCUT2D eigenvalue weighted by Gasteiger charge is 2.23. The van der Waals surface area contributed by atoms with Crippen molar-refractivity contribution in [3.05, 3.63) is 28.8 Å². The molecule has 0 heterocycles. The van der Waals surface area contributed by atoms with Gasteiger partial charge in [0.15, 0.2) is 0 Å². The molecule has 174 valence electrons. The van der Waals surface area contributed by atoms with Gasteiger partial charge in [0.25, 0.3) is 0 Å². The summed E-state index contributed by atoms with van der Waals surface area (Å²) in [5, 5.41) is 3.24. The molecule has 0 aliphatic heterocycles. The van der Waals surface area contributed by atoms with Crippen molar-refractivity contribution < 1.29 is 14.3 Å². The van der Waals surface area contributed by atoms with Crippen molar-refractivity contribution in [3.8, 4) is 5.75 Å². The number of carbonyl (C=O) groups excluding carboxylic acids is 2. The third-order valence-corrected chi connectivity index (χ3v) is 6.56. The van der Waals surface area contributed by atoms with Crippen LogP contribution in [0.25, 0.3) is 0 Å². The Morgan fingerprint density at radius 3 is 2.74 bits per heavy atom. The van der Waals surface area contributed by atoms with E-state index in [0.717, 1.165) is 43.7 Å². The van der Waals surface area contributed by atoms with Gasteiger partial charge in [-0.15, -0.1) is 0 Å². The molecule has 0 saturated heterocycles. The van der Waals surface area contributed by atoms with Gasteiger partial charge < -0.3 is 19.7 Å². The maximum absolute atomic E-state index is 11.7. The van der Waals surface area contributed by atoms with Crippen molar-refractivity contribution in [2.24, 2.45) is 11.8 Å². The van der Waals surface area contributed by atoms with Gasteiger partial charge >= 0.3 is 6.03 Å². The first-order chi connectivity index (χ1) is 15.0. The minimum absolute atomic E-state index is 0.138. The Balaban J connectivity index is 1.74. The van der Waals surface area contributed by atoms with Gasteiger partial charge in [0, 0.05) is 25.4 Å². The van der Waals surface area contributed by atoms with Gasteiger partial charge in [-0.3, -0.25) is 4.72 Å². The van der Waals surface area contributed by atoms with Gasteiger partial charge in [-0.05, 0) is 55.2 Å². The van der Waals surface area contributed by atoms with Crippen LogP contribution in [-0.2, 0) is 4.79 Å². The fraction of sp³-hybridized carbons (Fsp3) is 0.652. The number of hydrogen-bond acceptors (Lipinski definition) is 5. The number of carbonyl (C=O) groups is 2. The Bertz CT molecular complexity index is 701. The summed E-state index contributed by atoms with van der Waals surface area (Å²) in [6.45, 7) is 5.90. The van der Waals surface area contributed by atoms with E-state index in [4.69, 9.17) is 16.3 Å². The number of ether oxygens (including phenoxy) is 1. The molecule has 1 atom stereocenters. The van der Waals surface area contributed by atoms with Crippen LogP contribution in [0.4, 0.5) is 4.79 Å². The molecule has 8 heteroatoms. The van der Waals surface area contributed by atoms with E-state index in [1.54, 1.807) is 19.0 Å². The number of nitrogens with one attached hydrogen (secondary N) is 2. The minimum Gasteiger partial charge on any atom is -0.492 e. The molecule has 0 radical (unpaired) electrons. The van der Waals surface area contributed by atoms with Crippen molar-refractivity contribution in [1.82, 2.24) is 14.9 Å². The highest BCUT2D eigenvalue weighted by atomic mass is 35.5. The molecule has 31 heavy (non-hydrogen) atoms. The molecule has 1 aromatic rings. The molecule has 1 fully saturated rings.